The third kappa shape index (κ3) is 4.78. The number of nitriles is 1. The molecular formula is C31H28N8O4S. The summed E-state index contributed by atoms with van der Waals surface area (Å²) in [6.07, 6.45) is 8.44. The summed E-state index contributed by atoms with van der Waals surface area (Å²) < 4.78 is 28.1. The third-order valence-electron chi connectivity index (χ3n) is 8.69. The van der Waals surface area contributed by atoms with Crippen molar-refractivity contribution in [2.45, 2.75) is 29.3 Å². The van der Waals surface area contributed by atoms with Crippen molar-refractivity contribution in [3.8, 4) is 6.07 Å². The van der Waals surface area contributed by atoms with Gasteiger partial charge in [0.25, 0.3) is 5.91 Å². The molecule has 3 N–H and O–H groups in total. The van der Waals surface area contributed by atoms with Crippen LogP contribution < -0.4 is 5.32 Å². The number of carbonyl (C=O) groups is 2. The van der Waals surface area contributed by atoms with Crippen molar-refractivity contribution in [3.05, 3.63) is 114 Å². The van der Waals surface area contributed by atoms with Crippen LogP contribution >= 0.6 is 0 Å². The molecule has 3 aliphatic rings. The molecule has 0 spiro atoms. The van der Waals surface area contributed by atoms with Crippen LogP contribution in [0.1, 0.15) is 27.3 Å². The summed E-state index contributed by atoms with van der Waals surface area (Å²) in [6.45, 7) is 0.553. The number of aromatic amines is 2. The summed E-state index contributed by atoms with van der Waals surface area (Å²) in [7, 11) is -3.67. The first-order valence-corrected chi connectivity index (χ1v) is 15.6. The maximum atomic E-state index is 14.6. The molecule has 7 rings (SSSR count). The summed E-state index contributed by atoms with van der Waals surface area (Å²) in [5.41, 5.74) is 0.949. The monoisotopic (exact) mass is 608 g/mol. The second-order valence-electron chi connectivity index (χ2n) is 11.4. The zero-order valence-corrected chi connectivity index (χ0v) is 24.2. The van der Waals surface area contributed by atoms with E-state index in [0.29, 0.717) is 28.3 Å². The van der Waals surface area contributed by atoms with Crippen LogP contribution in [0.15, 0.2) is 96.4 Å². The van der Waals surface area contributed by atoms with Crippen LogP contribution in [0.3, 0.4) is 0 Å². The lowest BCUT2D eigenvalue weighted by molar-refractivity contribution is -0.132. The molecule has 3 fully saturated rings. The molecule has 2 atom stereocenters. The maximum absolute atomic E-state index is 14.6. The fourth-order valence-corrected chi connectivity index (χ4v) is 8.03. The largest absolute Gasteiger partial charge is 0.356 e. The molecule has 0 bridgehead atoms. The molecule has 44 heavy (non-hydrogen) atoms. The van der Waals surface area contributed by atoms with Gasteiger partial charge in [0, 0.05) is 67.8 Å². The number of aromatic nitrogens is 4. The van der Waals surface area contributed by atoms with Gasteiger partial charge in [-0.05, 0) is 36.4 Å². The lowest BCUT2D eigenvalue weighted by atomic mass is 9.88. The second kappa shape index (κ2) is 10.6. The number of ketones is 1. The molecule has 4 heterocycles. The fourth-order valence-electron chi connectivity index (χ4n) is 6.49. The van der Waals surface area contributed by atoms with Crippen LogP contribution in [0.5, 0.6) is 0 Å². The highest BCUT2D eigenvalue weighted by Crippen LogP contribution is 2.53. The van der Waals surface area contributed by atoms with Gasteiger partial charge in [0.2, 0.25) is 10.0 Å². The van der Waals surface area contributed by atoms with Crippen molar-refractivity contribution < 1.29 is 18.0 Å². The van der Waals surface area contributed by atoms with Gasteiger partial charge in [0.05, 0.1) is 40.6 Å². The standard InChI is InChI=1S/C31H28N8O4S/c32-13-20-6-8-21(9-7-20)27(40)10-28-37-31(11-22-14-33-18-35-22,12-23-15-34-19-36-23)30(41)39(28)29-25-16-38(17-26(25)29)44(42,43)24-4-2-1-3-5-24/h1-10,14-15,18-19,25-26,29,37H,11-12,16-17H2,(H,33,35)(H,34,36). The van der Waals surface area contributed by atoms with Crippen LogP contribution in [0, 0.1) is 23.2 Å². The number of fused-ring (bicyclic) bond motifs is 1. The molecule has 1 saturated carbocycles. The predicted molar refractivity (Wildman–Crippen MR) is 157 cm³/mol. The number of nitrogens with one attached hydrogen (secondary N) is 3. The van der Waals surface area contributed by atoms with Gasteiger partial charge in [0.15, 0.2) is 5.78 Å². The minimum atomic E-state index is -3.67. The Morgan fingerprint density at radius 2 is 1.59 bits per heavy atom. The highest BCUT2D eigenvalue weighted by Gasteiger charge is 2.65. The Bertz CT molecular complexity index is 1830. The summed E-state index contributed by atoms with van der Waals surface area (Å²) in [5.74, 6) is -0.366. The number of nitrogens with zero attached hydrogens (tertiary/aromatic N) is 5. The molecule has 2 aliphatic heterocycles. The number of allylic oxidation sites excluding steroid dienone is 1. The van der Waals surface area contributed by atoms with Crippen LogP contribution in [0.25, 0.3) is 0 Å². The average molecular weight is 609 g/mol. The van der Waals surface area contributed by atoms with E-state index in [2.05, 4.69) is 25.3 Å². The summed E-state index contributed by atoms with van der Waals surface area (Å²) >= 11 is 0. The molecular weight excluding hydrogens is 580 g/mol. The minimum absolute atomic E-state index is 0.0841. The van der Waals surface area contributed by atoms with Gasteiger partial charge < -0.3 is 15.3 Å². The van der Waals surface area contributed by atoms with Crippen molar-refractivity contribution >= 4 is 21.7 Å². The van der Waals surface area contributed by atoms with E-state index >= 15 is 0 Å². The van der Waals surface area contributed by atoms with E-state index in [9.17, 15) is 18.0 Å². The summed E-state index contributed by atoms with van der Waals surface area (Å²) in [5, 5.41) is 12.6. The van der Waals surface area contributed by atoms with Crippen LogP contribution in [-0.2, 0) is 27.7 Å². The summed E-state index contributed by atoms with van der Waals surface area (Å²) in [4.78, 5) is 44.5. The number of piperidine rings is 1. The van der Waals surface area contributed by atoms with Gasteiger partial charge in [0.1, 0.15) is 11.4 Å². The Morgan fingerprint density at radius 3 is 2.14 bits per heavy atom. The van der Waals surface area contributed by atoms with E-state index in [1.807, 2.05) is 6.07 Å². The number of benzene rings is 2. The maximum Gasteiger partial charge on any atom is 0.254 e. The van der Waals surface area contributed by atoms with Crippen LogP contribution in [0.2, 0.25) is 0 Å². The number of rotatable bonds is 9. The van der Waals surface area contributed by atoms with E-state index in [1.165, 1.54) is 10.4 Å². The Morgan fingerprint density at radius 1 is 0.977 bits per heavy atom. The summed E-state index contributed by atoms with van der Waals surface area (Å²) in [6, 6.07) is 16.4. The second-order valence-corrected chi connectivity index (χ2v) is 13.3. The molecule has 13 heteroatoms. The molecule has 2 aromatic carbocycles. The number of sulfonamides is 1. The lowest BCUT2D eigenvalue weighted by Gasteiger charge is -2.27. The normalized spacial score (nSPS) is 23.3. The predicted octanol–water partition coefficient (Wildman–Crippen LogP) is 2.00. The Kier molecular flexibility index (Phi) is 6.68. The third-order valence-corrected chi connectivity index (χ3v) is 10.5. The van der Waals surface area contributed by atoms with Crippen LogP contribution in [0.4, 0.5) is 0 Å². The first-order valence-electron chi connectivity index (χ1n) is 14.2. The Balaban J connectivity index is 1.22. The number of H-pyrrole nitrogens is 2. The van der Waals surface area contributed by atoms with Gasteiger partial charge in [-0.2, -0.15) is 9.57 Å². The van der Waals surface area contributed by atoms with Gasteiger partial charge in [-0.1, -0.05) is 18.2 Å². The van der Waals surface area contributed by atoms with E-state index < -0.39 is 15.6 Å². The number of carbonyl (C=O) groups excluding carboxylic acids is 2. The SMILES string of the molecule is N#Cc1ccc(C(=O)C=C2NC(Cc3c[nH]cn3)(Cc3c[nH]cn3)C(=O)N2C2C3CN(S(=O)(=O)c4ccccc4)CC32)cc1. The molecule has 12 nitrogen and oxygen atoms in total. The Labute approximate surface area is 253 Å². The number of imidazole rings is 2. The topological polar surface area (TPSA) is 168 Å². The molecule has 1 aliphatic carbocycles. The average Bonchev–Trinajstić information content (AvgIpc) is 3.64. The fraction of sp³-hybridized carbons (Fsp3) is 0.258. The smallest absolute Gasteiger partial charge is 0.254 e. The van der Waals surface area contributed by atoms with Gasteiger partial charge in [-0.15, -0.1) is 0 Å². The molecule has 2 unspecified atom stereocenters. The number of hydrogen-bond acceptors (Lipinski definition) is 8. The number of amides is 1. The molecule has 2 aromatic heterocycles. The van der Waals surface area contributed by atoms with Crippen molar-refractivity contribution in [1.29, 1.82) is 5.26 Å². The van der Waals surface area contributed by atoms with Gasteiger partial charge in [-0.25, -0.2) is 18.4 Å². The van der Waals surface area contributed by atoms with E-state index in [0.717, 1.165) is 0 Å². The highest BCUT2D eigenvalue weighted by molar-refractivity contribution is 7.89. The zero-order valence-electron chi connectivity index (χ0n) is 23.4. The first-order chi connectivity index (χ1) is 21.3. The molecule has 2 saturated heterocycles. The van der Waals surface area contributed by atoms with Crippen molar-refractivity contribution in [2.24, 2.45) is 11.8 Å². The number of hydrogen-bond donors (Lipinski definition) is 3. The van der Waals surface area contributed by atoms with Crippen molar-refractivity contribution in [3.63, 3.8) is 0 Å². The van der Waals surface area contributed by atoms with E-state index in [-0.39, 0.29) is 60.4 Å². The highest BCUT2D eigenvalue weighted by atomic mass is 32.2. The molecule has 222 valence electrons. The van der Waals surface area contributed by atoms with Crippen LogP contribution in [-0.4, -0.2) is 73.9 Å². The van der Waals surface area contributed by atoms with Crippen molar-refractivity contribution in [1.82, 2.24) is 34.5 Å². The molecule has 4 aromatic rings. The van der Waals surface area contributed by atoms with E-state index in [1.54, 1.807) is 84.5 Å². The molecule has 0 radical (unpaired) electrons. The quantitative estimate of drug-likeness (QED) is 0.192. The molecule has 1 amide bonds. The van der Waals surface area contributed by atoms with Gasteiger partial charge >= 0.3 is 0 Å². The zero-order chi connectivity index (χ0) is 30.5. The van der Waals surface area contributed by atoms with Gasteiger partial charge in [-0.3, -0.25) is 14.5 Å². The lowest BCUT2D eigenvalue weighted by Crippen LogP contribution is -2.51. The van der Waals surface area contributed by atoms with E-state index in [4.69, 9.17) is 5.26 Å². The minimum Gasteiger partial charge on any atom is -0.356 e. The Hall–Kier alpha value is -5.06. The first kappa shape index (κ1) is 27.8. The van der Waals surface area contributed by atoms with Crippen molar-refractivity contribution in [2.75, 3.05) is 13.1 Å².